The number of hydrogen-bond donors (Lipinski definition) is 0. The topological polar surface area (TPSA) is 0 Å². The summed E-state index contributed by atoms with van der Waals surface area (Å²) in [6.07, 6.45) is 0. The molecule has 6 aromatic rings. The minimum atomic E-state index is 0.212. The molecule has 174 valence electrons. The molecule has 6 rings (SSSR count). The van der Waals surface area contributed by atoms with Gasteiger partial charge in [-0.25, -0.2) is 0 Å². The van der Waals surface area contributed by atoms with Crippen molar-refractivity contribution in [2.24, 2.45) is 11.8 Å². The zero-order valence-corrected chi connectivity index (χ0v) is 21.0. The molecule has 0 bridgehead atoms. The average molecular weight is 463 g/mol. The Morgan fingerprint density at radius 2 is 0.694 bits per heavy atom. The summed E-state index contributed by atoms with van der Waals surface area (Å²) < 4.78 is 0. The lowest BCUT2D eigenvalue weighted by Gasteiger charge is -2.27. The highest BCUT2D eigenvalue weighted by atomic mass is 14.3. The van der Waals surface area contributed by atoms with Crippen LogP contribution in [0.1, 0.15) is 25.0 Å². The maximum Gasteiger partial charge on any atom is -0.00703 e. The Morgan fingerprint density at radius 3 is 0.972 bits per heavy atom. The van der Waals surface area contributed by atoms with Gasteiger partial charge in [-0.3, -0.25) is 0 Å². The Morgan fingerprint density at radius 1 is 0.444 bits per heavy atom. The molecule has 0 aromatic heterocycles. The average Bonchev–Trinajstić information content (AvgIpc) is 2.93. The van der Waals surface area contributed by atoms with Crippen molar-refractivity contribution >= 4 is 54.2 Å². The van der Waals surface area contributed by atoms with Crippen molar-refractivity contribution in [1.82, 2.24) is 0 Å². The van der Waals surface area contributed by atoms with Crippen LogP contribution in [0.4, 0.5) is 0 Å². The Kier molecular flexibility index (Phi) is 5.46. The predicted octanol–water partition coefficient (Wildman–Crippen LogP) is 10.3. The highest BCUT2D eigenvalue weighted by Crippen LogP contribution is 2.43. The Hall–Kier alpha value is -4.16. The van der Waals surface area contributed by atoms with E-state index in [-0.39, 0.29) is 11.8 Å². The number of rotatable bonds is 5. The van der Waals surface area contributed by atoms with E-state index < -0.39 is 0 Å². The van der Waals surface area contributed by atoms with E-state index >= 15 is 0 Å². The first-order valence-corrected chi connectivity index (χ1v) is 12.7. The minimum absolute atomic E-state index is 0.212. The lowest BCUT2D eigenvalue weighted by atomic mass is 9.76. The zero-order valence-electron chi connectivity index (χ0n) is 21.0. The first-order chi connectivity index (χ1) is 17.5. The van der Waals surface area contributed by atoms with Gasteiger partial charge < -0.3 is 0 Å². The van der Waals surface area contributed by atoms with Gasteiger partial charge in [0.05, 0.1) is 0 Å². The summed E-state index contributed by atoms with van der Waals surface area (Å²) >= 11 is 0. The van der Waals surface area contributed by atoms with Crippen LogP contribution in [-0.2, 0) is 0 Å². The molecule has 36 heavy (non-hydrogen) atoms. The summed E-state index contributed by atoms with van der Waals surface area (Å²) in [6, 6.07) is 39.3. The standard InChI is InChI=1S/C36H30/c1-23(25(3)35-31-17-9-5-13-27(31)21-28-14-6-10-18-32(28)35)24(2)26(4)36-33-19-11-7-15-29(33)22-30-16-8-12-20-34(30)36/h5-24H,3-4H2,1-2H3/t23-,24-/m1/s1. The van der Waals surface area contributed by atoms with Crippen molar-refractivity contribution < 1.29 is 0 Å². The van der Waals surface area contributed by atoms with Crippen LogP contribution >= 0.6 is 0 Å². The molecule has 0 saturated carbocycles. The van der Waals surface area contributed by atoms with Gasteiger partial charge in [0.1, 0.15) is 0 Å². The van der Waals surface area contributed by atoms with Crippen LogP contribution in [0, 0.1) is 11.8 Å². The molecular weight excluding hydrogens is 432 g/mol. The highest BCUT2D eigenvalue weighted by Gasteiger charge is 2.24. The number of allylic oxidation sites excluding steroid dienone is 2. The summed E-state index contributed by atoms with van der Waals surface area (Å²) in [5, 5.41) is 10.1. The third-order valence-electron chi connectivity index (χ3n) is 8.03. The van der Waals surface area contributed by atoms with Gasteiger partial charge in [-0.05, 0) is 89.3 Å². The van der Waals surface area contributed by atoms with Gasteiger partial charge >= 0.3 is 0 Å². The van der Waals surface area contributed by atoms with Gasteiger partial charge in [-0.1, -0.05) is 124 Å². The van der Waals surface area contributed by atoms with E-state index in [0.29, 0.717) is 0 Å². The maximum absolute atomic E-state index is 4.71. The van der Waals surface area contributed by atoms with Gasteiger partial charge in [0.2, 0.25) is 0 Å². The summed E-state index contributed by atoms with van der Waals surface area (Å²) in [5.74, 6) is 0.425. The maximum atomic E-state index is 4.71. The lowest BCUT2D eigenvalue weighted by molar-refractivity contribution is 0.593. The van der Waals surface area contributed by atoms with Crippen LogP contribution in [0.5, 0.6) is 0 Å². The number of fused-ring (bicyclic) bond motifs is 4. The first kappa shape index (κ1) is 22.3. The van der Waals surface area contributed by atoms with Crippen molar-refractivity contribution in [3.63, 3.8) is 0 Å². The fraction of sp³-hybridized carbons (Fsp3) is 0.111. The van der Waals surface area contributed by atoms with E-state index in [2.05, 4.69) is 123 Å². The molecule has 0 aliphatic heterocycles. The van der Waals surface area contributed by atoms with Crippen LogP contribution in [0.3, 0.4) is 0 Å². The molecule has 2 atom stereocenters. The van der Waals surface area contributed by atoms with Crippen molar-refractivity contribution in [2.45, 2.75) is 13.8 Å². The molecule has 0 saturated heterocycles. The van der Waals surface area contributed by atoms with Crippen molar-refractivity contribution in [1.29, 1.82) is 0 Å². The second-order valence-corrected chi connectivity index (χ2v) is 10.0. The summed E-state index contributed by atoms with van der Waals surface area (Å²) in [6.45, 7) is 14.0. The molecular formula is C36H30. The largest absolute Gasteiger partial charge is 0.0949 e. The van der Waals surface area contributed by atoms with Crippen LogP contribution in [0.2, 0.25) is 0 Å². The Bertz CT molecular complexity index is 1560. The number of hydrogen-bond acceptors (Lipinski definition) is 0. The molecule has 0 heteroatoms. The van der Waals surface area contributed by atoms with Crippen molar-refractivity contribution in [3.05, 3.63) is 133 Å². The van der Waals surface area contributed by atoms with Crippen LogP contribution in [-0.4, -0.2) is 0 Å². The van der Waals surface area contributed by atoms with Gasteiger partial charge in [-0.15, -0.1) is 0 Å². The van der Waals surface area contributed by atoms with E-state index in [4.69, 9.17) is 13.2 Å². The van der Waals surface area contributed by atoms with Crippen molar-refractivity contribution in [3.8, 4) is 0 Å². The highest BCUT2D eigenvalue weighted by molar-refractivity contribution is 6.11. The Labute approximate surface area is 213 Å². The summed E-state index contributed by atoms with van der Waals surface area (Å²) in [4.78, 5) is 0. The molecule has 0 unspecified atom stereocenters. The zero-order chi connectivity index (χ0) is 24.8. The molecule has 0 nitrogen and oxygen atoms in total. The predicted molar refractivity (Wildman–Crippen MR) is 159 cm³/mol. The Balaban J connectivity index is 1.49. The van der Waals surface area contributed by atoms with E-state index in [1.807, 2.05) is 0 Å². The van der Waals surface area contributed by atoms with E-state index in [1.165, 1.54) is 65.4 Å². The van der Waals surface area contributed by atoms with Gasteiger partial charge in [0.15, 0.2) is 0 Å². The second-order valence-electron chi connectivity index (χ2n) is 10.0. The van der Waals surface area contributed by atoms with Gasteiger partial charge in [-0.2, -0.15) is 0 Å². The van der Waals surface area contributed by atoms with Crippen LogP contribution in [0.25, 0.3) is 54.2 Å². The molecule has 0 fully saturated rings. The number of benzene rings is 6. The summed E-state index contributed by atoms with van der Waals surface area (Å²) in [7, 11) is 0. The SMILES string of the molecule is C=C(c1c2ccccc2cc2ccccc12)[C@H](C)[C@@H](C)C(=C)c1c2ccccc2cc2ccccc12. The normalized spacial score (nSPS) is 13.3. The molecule has 0 heterocycles. The fourth-order valence-electron chi connectivity index (χ4n) is 5.78. The van der Waals surface area contributed by atoms with E-state index in [9.17, 15) is 0 Å². The quantitative estimate of drug-likeness (QED) is 0.224. The van der Waals surface area contributed by atoms with Gasteiger partial charge in [0.25, 0.3) is 0 Å². The smallest absolute Gasteiger partial charge is 0.00703 e. The van der Waals surface area contributed by atoms with Crippen LogP contribution < -0.4 is 0 Å². The first-order valence-electron chi connectivity index (χ1n) is 12.7. The molecule has 0 aliphatic carbocycles. The molecule has 0 aliphatic rings. The lowest BCUT2D eigenvalue weighted by Crippen LogP contribution is -2.12. The fourth-order valence-corrected chi connectivity index (χ4v) is 5.78. The monoisotopic (exact) mass is 462 g/mol. The molecule has 0 spiro atoms. The third kappa shape index (κ3) is 3.53. The van der Waals surface area contributed by atoms with E-state index in [0.717, 1.165) is 0 Å². The van der Waals surface area contributed by atoms with E-state index in [1.54, 1.807) is 0 Å². The molecule has 0 N–H and O–H groups in total. The second kappa shape index (κ2) is 8.81. The molecule has 0 radical (unpaired) electrons. The molecule has 0 amide bonds. The minimum Gasteiger partial charge on any atom is -0.0949 e. The molecule has 6 aromatic carbocycles. The van der Waals surface area contributed by atoms with Crippen LogP contribution in [0.15, 0.2) is 122 Å². The third-order valence-corrected chi connectivity index (χ3v) is 8.03. The van der Waals surface area contributed by atoms with Crippen molar-refractivity contribution in [2.75, 3.05) is 0 Å². The summed E-state index contributed by atoms with van der Waals surface area (Å²) in [5.41, 5.74) is 4.86. The van der Waals surface area contributed by atoms with Gasteiger partial charge in [0, 0.05) is 0 Å².